The van der Waals surface area contributed by atoms with Crippen molar-refractivity contribution in [2.75, 3.05) is 45.9 Å². The summed E-state index contributed by atoms with van der Waals surface area (Å²) >= 11 is 6.36. The van der Waals surface area contributed by atoms with Gasteiger partial charge in [-0.05, 0) is 38.8 Å². The molecule has 1 aromatic carbocycles. The minimum absolute atomic E-state index is 0.0409. The third kappa shape index (κ3) is 5.81. The van der Waals surface area contributed by atoms with Gasteiger partial charge in [0.2, 0.25) is 0 Å². The van der Waals surface area contributed by atoms with E-state index in [0.29, 0.717) is 43.4 Å². The summed E-state index contributed by atoms with van der Waals surface area (Å²) in [6.45, 7) is 8.00. The van der Waals surface area contributed by atoms with E-state index >= 15 is 0 Å². The summed E-state index contributed by atoms with van der Waals surface area (Å²) in [6.07, 6.45) is 2.15. The maximum Gasteiger partial charge on any atom is 0.317 e. The smallest absolute Gasteiger partial charge is 0.317 e. The molecule has 1 aromatic rings. The number of nitrogens with one attached hydrogen (secondary N) is 1. The van der Waals surface area contributed by atoms with Gasteiger partial charge in [-0.1, -0.05) is 17.7 Å². The standard InChI is InChI=1S/C21H31ClFN3O3/c1-3-25(14-16-6-5-10-29-16)21(27)24-12-19(26-9-11-28-15(2)13-26)20-17(22)7-4-8-18(20)23/h4,7-8,15-16,19H,3,5-6,9-14H2,1-2H3,(H,24,27). The van der Waals surface area contributed by atoms with Crippen LogP contribution < -0.4 is 5.32 Å². The number of urea groups is 1. The summed E-state index contributed by atoms with van der Waals surface area (Å²) in [4.78, 5) is 16.7. The molecule has 6 nitrogen and oxygen atoms in total. The zero-order chi connectivity index (χ0) is 20.8. The number of carbonyl (C=O) groups excluding carboxylic acids is 1. The molecule has 0 bridgehead atoms. The number of halogens is 2. The Hall–Kier alpha value is -1.41. The lowest BCUT2D eigenvalue weighted by Crippen LogP contribution is -2.49. The lowest BCUT2D eigenvalue weighted by Gasteiger charge is -2.38. The van der Waals surface area contributed by atoms with E-state index in [4.69, 9.17) is 21.1 Å². The molecule has 3 rings (SSSR count). The Morgan fingerprint density at radius 3 is 2.90 bits per heavy atom. The average Bonchev–Trinajstić information content (AvgIpc) is 3.21. The zero-order valence-corrected chi connectivity index (χ0v) is 18.0. The second kappa shape index (κ2) is 10.6. The third-order valence-corrected chi connectivity index (χ3v) is 5.94. The number of morpholine rings is 1. The van der Waals surface area contributed by atoms with Gasteiger partial charge in [0.25, 0.3) is 0 Å². The third-order valence-electron chi connectivity index (χ3n) is 5.61. The molecular formula is C21H31ClFN3O3. The molecule has 2 fully saturated rings. The first-order chi connectivity index (χ1) is 14.0. The highest BCUT2D eigenvalue weighted by Crippen LogP contribution is 2.31. The number of nitrogens with zero attached hydrogens (tertiary/aromatic N) is 2. The van der Waals surface area contributed by atoms with Crippen LogP contribution in [0.5, 0.6) is 0 Å². The highest BCUT2D eigenvalue weighted by atomic mass is 35.5. The van der Waals surface area contributed by atoms with Crippen LogP contribution in [-0.4, -0.2) is 74.0 Å². The number of rotatable bonds is 7. The van der Waals surface area contributed by atoms with Crippen molar-refractivity contribution in [3.05, 3.63) is 34.6 Å². The molecule has 3 atom stereocenters. The number of ether oxygens (including phenoxy) is 2. The van der Waals surface area contributed by atoms with Crippen molar-refractivity contribution in [1.29, 1.82) is 0 Å². The summed E-state index contributed by atoms with van der Waals surface area (Å²) < 4.78 is 26.0. The average molecular weight is 428 g/mol. The van der Waals surface area contributed by atoms with E-state index in [-0.39, 0.29) is 36.6 Å². The Balaban J connectivity index is 1.71. The Morgan fingerprint density at radius 2 is 2.24 bits per heavy atom. The van der Waals surface area contributed by atoms with Crippen LogP contribution in [0.2, 0.25) is 5.02 Å². The minimum Gasteiger partial charge on any atom is -0.376 e. The molecule has 1 N–H and O–H groups in total. The Morgan fingerprint density at radius 1 is 1.41 bits per heavy atom. The molecule has 0 aliphatic carbocycles. The Bertz CT molecular complexity index is 667. The first-order valence-electron chi connectivity index (χ1n) is 10.4. The molecule has 0 radical (unpaired) electrons. The quantitative estimate of drug-likeness (QED) is 0.724. The second-order valence-electron chi connectivity index (χ2n) is 7.69. The summed E-state index contributed by atoms with van der Waals surface area (Å²) in [5.74, 6) is -0.359. The van der Waals surface area contributed by atoms with Crippen molar-refractivity contribution in [2.24, 2.45) is 0 Å². The van der Waals surface area contributed by atoms with Crippen molar-refractivity contribution < 1.29 is 18.7 Å². The van der Waals surface area contributed by atoms with Crippen molar-refractivity contribution in [2.45, 2.75) is 44.9 Å². The molecule has 8 heteroatoms. The van der Waals surface area contributed by atoms with Gasteiger partial charge in [0.15, 0.2) is 0 Å². The number of benzene rings is 1. The molecule has 2 aliphatic rings. The molecule has 2 amide bonds. The van der Waals surface area contributed by atoms with E-state index in [1.807, 2.05) is 13.8 Å². The van der Waals surface area contributed by atoms with E-state index in [0.717, 1.165) is 19.4 Å². The summed E-state index contributed by atoms with van der Waals surface area (Å²) in [7, 11) is 0. The maximum atomic E-state index is 14.7. The van der Waals surface area contributed by atoms with Gasteiger partial charge in [0.05, 0.1) is 24.9 Å². The molecule has 0 saturated carbocycles. The van der Waals surface area contributed by atoms with Crippen LogP contribution in [0.3, 0.4) is 0 Å². The Labute approximate surface area is 177 Å². The molecule has 0 aromatic heterocycles. The molecule has 0 spiro atoms. The van der Waals surface area contributed by atoms with Crippen LogP contribution in [-0.2, 0) is 9.47 Å². The van der Waals surface area contributed by atoms with Gasteiger partial charge < -0.3 is 19.7 Å². The molecule has 29 heavy (non-hydrogen) atoms. The summed E-state index contributed by atoms with van der Waals surface area (Å²) in [5, 5.41) is 3.37. The van der Waals surface area contributed by atoms with E-state index in [1.165, 1.54) is 6.07 Å². The number of hydrogen-bond donors (Lipinski definition) is 1. The predicted octanol–water partition coefficient (Wildman–Crippen LogP) is 3.45. The Kier molecular flexibility index (Phi) is 8.12. The first-order valence-corrected chi connectivity index (χ1v) is 10.8. The van der Waals surface area contributed by atoms with Crippen molar-refractivity contribution in [1.82, 2.24) is 15.1 Å². The zero-order valence-electron chi connectivity index (χ0n) is 17.2. The van der Waals surface area contributed by atoms with E-state index in [9.17, 15) is 9.18 Å². The van der Waals surface area contributed by atoms with Crippen LogP contribution >= 0.6 is 11.6 Å². The van der Waals surface area contributed by atoms with Crippen molar-refractivity contribution in [3.8, 4) is 0 Å². The number of hydrogen-bond acceptors (Lipinski definition) is 4. The molecule has 2 aliphatic heterocycles. The van der Waals surface area contributed by atoms with Crippen molar-refractivity contribution >= 4 is 17.6 Å². The normalized spacial score (nSPS) is 23.7. The topological polar surface area (TPSA) is 54.0 Å². The van der Waals surface area contributed by atoms with E-state index in [2.05, 4.69) is 10.2 Å². The highest BCUT2D eigenvalue weighted by Gasteiger charge is 2.30. The largest absolute Gasteiger partial charge is 0.376 e. The fourth-order valence-corrected chi connectivity index (χ4v) is 4.35. The van der Waals surface area contributed by atoms with Gasteiger partial charge in [-0.3, -0.25) is 4.90 Å². The van der Waals surface area contributed by atoms with Gasteiger partial charge in [0, 0.05) is 49.9 Å². The first kappa shape index (κ1) is 22.3. The monoisotopic (exact) mass is 427 g/mol. The second-order valence-corrected chi connectivity index (χ2v) is 8.09. The molecule has 3 unspecified atom stereocenters. The molecule has 162 valence electrons. The minimum atomic E-state index is -0.361. The van der Waals surface area contributed by atoms with Crippen LogP contribution in [0.25, 0.3) is 0 Å². The predicted molar refractivity (Wildman–Crippen MR) is 111 cm³/mol. The van der Waals surface area contributed by atoms with Crippen molar-refractivity contribution in [3.63, 3.8) is 0 Å². The maximum absolute atomic E-state index is 14.7. The van der Waals surface area contributed by atoms with Crippen LogP contribution in [0.15, 0.2) is 18.2 Å². The number of likely N-dealkylation sites (N-methyl/N-ethyl adjacent to an activating group) is 1. The molecule has 2 saturated heterocycles. The lowest BCUT2D eigenvalue weighted by atomic mass is 10.0. The van der Waals surface area contributed by atoms with Crippen LogP contribution in [0, 0.1) is 5.82 Å². The lowest BCUT2D eigenvalue weighted by molar-refractivity contribution is -0.0346. The van der Waals surface area contributed by atoms with E-state index < -0.39 is 0 Å². The van der Waals surface area contributed by atoms with E-state index in [1.54, 1.807) is 17.0 Å². The highest BCUT2D eigenvalue weighted by molar-refractivity contribution is 6.31. The molecular weight excluding hydrogens is 397 g/mol. The van der Waals surface area contributed by atoms with Gasteiger partial charge in [-0.25, -0.2) is 9.18 Å². The van der Waals surface area contributed by atoms with Gasteiger partial charge in [0.1, 0.15) is 5.82 Å². The number of amides is 2. The number of carbonyl (C=O) groups is 1. The fraction of sp³-hybridized carbons (Fsp3) is 0.667. The fourth-order valence-electron chi connectivity index (χ4n) is 4.06. The van der Waals surface area contributed by atoms with Gasteiger partial charge in [-0.2, -0.15) is 0 Å². The van der Waals surface area contributed by atoms with Gasteiger partial charge in [-0.15, -0.1) is 0 Å². The van der Waals surface area contributed by atoms with Crippen LogP contribution in [0.4, 0.5) is 9.18 Å². The SMILES string of the molecule is CCN(CC1CCCO1)C(=O)NCC(c1c(F)cccc1Cl)N1CCOC(C)C1. The molecule has 2 heterocycles. The summed E-state index contributed by atoms with van der Waals surface area (Å²) in [5.41, 5.74) is 0.422. The van der Waals surface area contributed by atoms with Crippen LogP contribution in [0.1, 0.15) is 38.3 Å². The van der Waals surface area contributed by atoms with Gasteiger partial charge >= 0.3 is 6.03 Å². The summed E-state index contributed by atoms with van der Waals surface area (Å²) in [6, 6.07) is 4.17.